The Hall–Kier alpha value is -1.10. The normalized spacial score (nSPS) is 17.4. The second-order valence-electron chi connectivity index (χ2n) is 5.38. The van der Waals surface area contributed by atoms with Crippen molar-refractivity contribution in [3.8, 4) is 0 Å². The van der Waals surface area contributed by atoms with Crippen molar-refractivity contribution in [2.24, 2.45) is 0 Å². The zero-order valence-corrected chi connectivity index (χ0v) is 13.2. The maximum atomic E-state index is 11.9. The fourth-order valence-electron chi connectivity index (χ4n) is 2.50. The molecule has 2 N–H and O–H groups in total. The van der Waals surface area contributed by atoms with E-state index in [0.717, 1.165) is 31.5 Å². The summed E-state index contributed by atoms with van der Waals surface area (Å²) in [6.45, 7) is 4.42. The monoisotopic (exact) mass is 310 g/mol. The summed E-state index contributed by atoms with van der Waals surface area (Å²) < 4.78 is 5.74. The van der Waals surface area contributed by atoms with E-state index in [1.807, 2.05) is 31.2 Å². The molecule has 0 bridgehead atoms. The van der Waals surface area contributed by atoms with Crippen LogP contribution in [0.15, 0.2) is 24.3 Å². The predicted molar refractivity (Wildman–Crippen MR) is 84.5 cm³/mol. The summed E-state index contributed by atoms with van der Waals surface area (Å²) in [6, 6.07) is 7.47. The zero-order valence-electron chi connectivity index (χ0n) is 12.4. The number of piperidine rings is 1. The number of halogens is 1. The molecular formula is C16H23ClN2O2. The van der Waals surface area contributed by atoms with E-state index in [9.17, 15) is 4.79 Å². The molecule has 1 aliphatic heterocycles. The Balaban J connectivity index is 1.70. The molecule has 4 nitrogen and oxygen atoms in total. The predicted octanol–water partition coefficient (Wildman–Crippen LogP) is 2.68. The molecule has 5 heteroatoms. The Kier molecular flexibility index (Phi) is 6.49. The molecule has 0 aromatic heterocycles. The van der Waals surface area contributed by atoms with E-state index in [-0.39, 0.29) is 11.9 Å². The highest BCUT2D eigenvalue weighted by molar-refractivity contribution is 6.31. The van der Waals surface area contributed by atoms with Crippen LogP contribution in [0.3, 0.4) is 0 Å². The average Bonchev–Trinajstić information content (AvgIpc) is 2.48. The highest BCUT2D eigenvalue weighted by Gasteiger charge is 2.15. The molecule has 0 aliphatic carbocycles. The second-order valence-corrected chi connectivity index (χ2v) is 5.79. The minimum atomic E-state index is -0.0925. The van der Waals surface area contributed by atoms with Crippen LogP contribution in [0.2, 0.25) is 5.02 Å². The molecule has 1 saturated heterocycles. The number of hydrogen-bond acceptors (Lipinski definition) is 3. The summed E-state index contributed by atoms with van der Waals surface area (Å²) in [5.74, 6) is -0.00338. The van der Waals surface area contributed by atoms with E-state index in [1.165, 1.54) is 0 Å². The van der Waals surface area contributed by atoms with Crippen LogP contribution in [0.1, 0.15) is 37.8 Å². The first-order chi connectivity index (χ1) is 10.2. The van der Waals surface area contributed by atoms with Gasteiger partial charge in [0.15, 0.2) is 0 Å². The molecule has 0 unspecified atom stereocenters. The standard InChI is InChI=1S/C16H23ClN2O2/c1-12(14-4-2-3-5-15(14)17)19-16(20)8-11-21-13-6-9-18-10-7-13/h2-5,12-13,18H,6-11H2,1H3,(H,19,20)/t12-/m0/s1. The van der Waals surface area contributed by atoms with Crippen molar-refractivity contribution >= 4 is 17.5 Å². The molecule has 1 heterocycles. The molecule has 1 aliphatic rings. The number of carbonyl (C=O) groups excluding carboxylic acids is 1. The summed E-state index contributed by atoms with van der Waals surface area (Å²) in [5.41, 5.74) is 0.937. The van der Waals surface area contributed by atoms with Gasteiger partial charge in [-0.1, -0.05) is 29.8 Å². The lowest BCUT2D eigenvalue weighted by Gasteiger charge is -2.23. The van der Waals surface area contributed by atoms with Crippen molar-refractivity contribution in [1.29, 1.82) is 0 Å². The van der Waals surface area contributed by atoms with Gasteiger partial charge in [0.25, 0.3) is 0 Å². The van der Waals surface area contributed by atoms with Crippen LogP contribution in [-0.2, 0) is 9.53 Å². The third kappa shape index (κ3) is 5.30. The van der Waals surface area contributed by atoms with E-state index in [2.05, 4.69) is 10.6 Å². The number of hydrogen-bond donors (Lipinski definition) is 2. The topological polar surface area (TPSA) is 50.4 Å². The summed E-state index contributed by atoms with van der Waals surface area (Å²) >= 11 is 6.13. The van der Waals surface area contributed by atoms with Gasteiger partial charge in [0.2, 0.25) is 5.91 Å². The summed E-state index contributed by atoms with van der Waals surface area (Å²) in [7, 11) is 0. The van der Waals surface area contributed by atoms with Crippen LogP contribution in [0.5, 0.6) is 0 Å². The number of nitrogens with one attached hydrogen (secondary N) is 2. The quantitative estimate of drug-likeness (QED) is 0.849. The van der Waals surface area contributed by atoms with Crippen molar-refractivity contribution < 1.29 is 9.53 Å². The minimum Gasteiger partial charge on any atom is -0.378 e. The van der Waals surface area contributed by atoms with Crippen LogP contribution in [0.4, 0.5) is 0 Å². The molecule has 0 radical (unpaired) electrons. The van der Waals surface area contributed by atoms with Gasteiger partial charge >= 0.3 is 0 Å². The van der Waals surface area contributed by atoms with E-state index in [1.54, 1.807) is 0 Å². The van der Waals surface area contributed by atoms with Gasteiger partial charge in [0.1, 0.15) is 0 Å². The van der Waals surface area contributed by atoms with Crippen molar-refractivity contribution in [3.05, 3.63) is 34.9 Å². The SMILES string of the molecule is C[C@H](NC(=O)CCOC1CCNCC1)c1ccccc1Cl. The van der Waals surface area contributed by atoms with Crippen LogP contribution >= 0.6 is 11.6 Å². The first-order valence-electron chi connectivity index (χ1n) is 7.53. The van der Waals surface area contributed by atoms with Gasteiger partial charge in [-0.25, -0.2) is 0 Å². The highest BCUT2D eigenvalue weighted by atomic mass is 35.5. The van der Waals surface area contributed by atoms with Gasteiger partial charge in [0, 0.05) is 11.4 Å². The zero-order chi connectivity index (χ0) is 15.1. The molecule has 1 aromatic rings. The first-order valence-corrected chi connectivity index (χ1v) is 7.90. The average molecular weight is 311 g/mol. The van der Waals surface area contributed by atoms with Crippen LogP contribution < -0.4 is 10.6 Å². The van der Waals surface area contributed by atoms with E-state index >= 15 is 0 Å². The molecule has 0 spiro atoms. The van der Waals surface area contributed by atoms with Crippen molar-refractivity contribution in [2.75, 3.05) is 19.7 Å². The van der Waals surface area contributed by atoms with Gasteiger partial charge in [0.05, 0.1) is 18.8 Å². The molecular weight excluding hydrogens is 288 g/mol. The van der Waals surface area contributed by atoms with Crippen LogP contribution in [0.25, 0.3) is 0 Å². The smallest absolute Gasteiger partial charge is 0.222 e. The fraction of sp³-hybridized carbons (Fsp3) is 0.562. The molecule has 1 fully saturated rings. The number of ether oxygens (including phenoxy) is 1. The third-order valence-electron chi connectivity index (χ3n) is 3.72. The largest absolute Gasteiger partial charge is 0.378 e. The van der Waals surface area contributed by atoms with Crippen molar-refractivity contribution in [1.82, 2.24) is 10.6 Å². The van der Waals surface area contributed by atoms with Crippen LogP contribution in [0, 0.1) is 0 Å². The molecule has 116 valence electrons. The molecule has 21 heavy (non-hydrogen) atoms. The Labute approximate surface area is 131 Å². The lowest BCUT2D eigenvalue weighted by atomic mass is 10.1. The highest BCUT2D eigenvalue weighted by Crippen LogP contribution is 2.22. The van der Waals surface area contributed by atoms with Gasteiger partial charge in [-0.15, -0.1) is 0 Å². The molecule has 1 aromatic carbocycles. The van der Waals surface area contributed by atoms with Gasteiger partial charge in [-0.05, 0) is 44.5 Å². The van der Waals surface area contributed by atoms with E-state index < -0.39 is 0 Å². The van der Waals surface area contributed by atoms with E-state index in [0.29, 0.717) is 24.2 Å². The number of amides is 1. The number of carbonyl (C=O) groups is 1. The maximum Gasteiger partial charge on any atom is 0.222 e. The summed E-state index contributed by atoms with van der Waals surface area (Å²) in [4.78, 5) is 11.9. The summed E-state index contributed by atoms with van der Waals surface area (Å²) in [6.07, 6.45) is 2.73. The van der Waals surface area contributed by atoms with Crippen molar-refractivity contribution in [3.63, 3.8) is 0 Å². The number of benzene rings is 1. The lowest BCUT2D eigenvalue weighted by Crippen LogP contribution is -2.33. The third-order valence-corrected chi connectivity index (χ3v) is 4.06. The Morgan fingerprint density at radius 2 is 2.14 bits per heavy atom. The van der Waals surface area contributed by atoms with Crippen molar-refractivity contribution in [2.45, 2.75) is 38.3 Å². The number of rotatable bonds is 6. The Morgan fingerprint density at radius 1 is 1.43 bits per heavy atom. The van der Waals surface area contributed by atoms with Gasteiger partial charge < -0.3 is 15.4 Å². The van der Waals surface area contributed by atoms with Crippen LogP contribution in [-0.4, -0.2) is 31.7 Å². The summed E-state index contributed by atoms with van der Waals surface area (Å²) in [5, 5.41) is 6.93. The lowest BCUT2D eigenvalue weighted by molar-refractivity contribution is -0.123. The Morgan fingerprint density at radius 3 is 2.86 bits per heavy atom. The minimum absolute atomic E-state index is 0.00338. The fourth-order valence-corrected chi connectivity index (χ4v) is 2.80. The molecule has 1 atom stereocenters. The molecule has 1 amide bonds. The molecule has 0 saturated carbocycles. The van der Waals surface area contributed by atoms with Gasteiger partial charge in [-0.3, -0.25) is 4.79 Å². The maximum absolute atomic E-state index is 11.9. The Bertz CT molecular complexity index is 461. The second kappa shape index (κ2) is 8.37. The molecule has 2 rings (SSSR count). The van der Waals surface area contributed by atoms with E-state index in [4.69, 9.17) is 16.3 Å². The van der Waals surface area contributed by atoms with Gasteiger partial charge in [-0.2, -0.15) is 0 Å². The first kappa shape index (κ1) is 16.3.